The molecule has 3 rings (SSSR count). The van der Waals surface area contributed by atoms with Gasteiger partial charge in [0.2, 0.25) is 0 Å². The van der Waals surface area contributed by atoms with Crippen molar-refractivity contribution in [3.05, 3.63) is 54.4 Å². The van der Waals surface area contributed by atoms with Crippen molar-refractivity contribution < 1.29 is 0 Å². The molecule has 3 aromatic rings. The summed E-state index contributed by atoms with van der Waals surface area (Å²) in [5, 5.41) is 0.955. The predicted molar refractivity (Wildman–Crippen MR) is 83.2 cm³/mol. The van der Waals surface area contributed by atoms with Gasteiger partial charge in [0.1, 0.15) is 12.1 Å². The van der Waals surface area contributed by atoms with Gasteiger partial charge in [0, 0.05) is 23.8 Å². The fraction of sp³-hybridized carbons (Fsp3) is 0.125. The van der Waals surface area contributed by atoms with Crippen LogP contribution >= 0.6 is 0 Å². The molecule has 0 unspecified atom stereocenters. The fourth-order valence-corrected chi connectivity index (χ4v) is 2.29. The molecule has 2 N–H and O–H groups in total. The van der Waals surface area contributed by atoms with Gasteiger partial charge >= 0.3 is 0 Å². The maximum atomic E-state index is 5.88. The number of benzene rings is 2. The lowest BCUT2D eigenvalue weighted by molar-refractivity contribution is 1.11. The van der Waals surface area contributed by atoms with E-state index in [0.717, 1.165) is 22.4 Å². The lowest BCUT2D eigenvalue weighted by atomic mass is 10.1. The summed E-state index contributed by atoms with van der Waals surface area (Å²) in [6, 6.07) is 14.0. The van der Waals surface area contributed by atoms with Crippen molar-refractivity contribution in [1.29, 1.82) is 0 Å². The van der Waals surface area contributed by atoms with Crippen molar-refractivity contribution >= 4 is 28.1 Å². The zero-order chi connectivity index (χ0) is 14.1. The Morgan fingerprint density at radius 2 is 1.90 bits per heavy atom. The highest BCUT2D eigenvalue weighted by Crippen LogP contribution is 2.29. The Morgan fingerprint density at radius 3 is 2.70 bits per heavy atom. The molecule has 0 radical (unpaired) electrons. The van der Waals surface area contributed by atoms with Crippen molar-refractivity contribution in [3.8, 4) is 0 Å². The number of nitrogen functional groups attached to an aromatic ring is 1. The Labute approximate surface area is 117 Å². The van der Waals surface area contributed by atoms with E-state index >= 15 is 0 Å². The van der Waals surface area contributed by atoms with Crippen LogP contribution in [-0.4, -0.2) is 17.0 Å². The van der Waals surface area contributed by atoms with Crippen LogP contribution in [-0.2, 0) is 0 Å². The maximum absolute atomic E-state index is 5.88. The molecule has 1 heterocycles. The molecule has 0 fully saturated rings. The fourth-order valence-electron chi connectivity index (χ4n) is 2.29. The van der Waals surface area contributed by atoms with Crippen LogP contribution in [0.1, 0.15) is 5.56 Å². The minimum Gasteiger partial charge on any atom is -0.399 e. The molecule has 20 heavy (non-hydrogen) atoms. The van der Waals surface area contributed by atoms with Gasteiger partial charge in [-0.3, -0.25) is 0 Å². The average Bonchev–Trinajstić information content (AvgIpc) is 2.46. The van der Waals surface area contributed by atoms with Crippen LogP contribution in [0.3, 0.4) is 0 Å². The summed E-state index contributed by atoms with van der Waals surface area (Å²) in [4.78, 5) is 10.7. The van der Waals surface area contributed by atoms with Crippen LogP contribution in [0.5, 0.6) is 0 Å². The Morgan fingerprint density at radius 1 is 1.05 bits per heavy atom. The summed E-state index contributed by atoms with van der Waals surface area (Å²) in [5.41, 5.74) is 9.79. The molecule has 0 aliphatic rings. The second-order valence-corrected chi connectivity index (χ2v) is 4.87. The van der Waals surface area contributed by atoms with Crippen LogP contribution in [0, 0.1) is 6.92 Å². The highest BCUT2D eigenvalue weighted by Gasteiger charge is 2.10. The van der Waals surface area contributed by atoms with Crippen molar-refractivity contribution in [3.63, 3.8) is 0 Å². The molecule has 4 heteroatoms. The lowest BCUT2D eigenvalue weighted by Gasteiger charge is -2.20. The molecule has 0 atom stereocenters. The van der Waals surface area contributed by atoms with Crippen LogP contribution in [0.25, 0.3) is 10.9 Å². The van der Waals surface area contributed by atoms with Gasteiger partial charge in [0.05, 0.1) is 5.52 Å². The zero-order valence-corrected chi connectivity index (χ0v) is 11.5. The first-order valence-electron chi connectivity index (χ1n) is 6.46. The molecule has 4 nitrogen and oxygen atoms in total. The van der Waals surface area contributed by atoms with Crippen LogP contribution in [0.2, 0.25) is 0 Å². The Hall–Kier alpha value is -2.62. The van der Waals surface area contributed by atoms with Gasteiger partial charge in [-0.05, 0) is 42.8 Å². The highest BCUT2D eigenvalue weighted by molar-refractivity contribution is 5.93. The number of hydrogen-bond acceptors (Lipinski definition) is 4. The first kappa shape index (κ1) is 12.4. The van der Waals surface area contributed by atoms with E-state index in [9.17, 15) is 0 Å². The number of aryl methyl sites for hydroxylation is 1. The lowest BCUT2D eigenvalue weighted by Crippen LogP contribution is -2.12. The van der Waals surface area contributed by atoms with Crippen LogP contribution in [0.15, 0.2) is 48.8 Å². The van der Waals surface area contributed by atoms with Crippen LogP contribution < -0.4 is 10.6 Å². The molecule has 0 spiro atoms. The summed E-state index contributed by atoms with van der Waals surface area (Å²) in [7, 11) is 2.00. The number of anilines is 3. The Bertz CT molecular complexity index is 767. The number of fused-ring (bicyclic) bond motifs is 1. The number of hydrogen-bond donors (Lipinski definition) is 1. The third-order valence-corrected chi connectivity index (χ3v) is 3.35. The summed E-state index contributed by atoms with van der Waals surface area (Å²) < 4.78 is 0. The Kier molecular flexibility index (Phi) is 2.99. The Balaban J connectivity index is 2.16. The molecule has 1 aromatic heterocycles. The summed E-state index contributed by atoms with van der Waals surface area (Å²) in [5.74, 6) is 0.855. The van der Waals surface area contributed by atoms with Gasteiger partial charge in [-0.25, -0.2) is 9.97 Å². The molecular weight excluding hydrogens is 248 g/mol. The highest BCUT2D eigenvalue weighted by atomic mass is 15.2. The summed E-state index contributed by atoms with van der Waals surface area (Å²) in [6.07, 6.45) is 1.58. The van der Waals surface area contributed by atoms with Gasteiger partial charge < -0.3 is 10.6 Å². The minimum absolute atomic E-state index is 0.714. The largest absolute Gasteiger partial charge is 0.399 e. The SMILES string of the molecule is Cc1cccc(N(C)c2ncnc3ccc(N)cc23)c1. The monoisotopic (exact) mass is 264 g/mol. The molecule has 0 aliphatic heterocycles. The summed E-state index contributed by atoms with van der Waals surface area (Å²) in [6.45, 7) is 2.08. The first-order valence-corrected chi connectivity index (χ1v) is 6.46. The van der Waals surface area contributed by atoms with Crippen molar-refractivity contribution in [1.82, 2.24) is 9.97 Å². The van der Waals surface area contributed by atoms with Crippen molar-refractivity contribution in [2.45, 2.75) is 6.92 Å². The standard InChI is InChI=1S/C16H16N4/c1-11-4-3-5-13(8-11)20(2)16-14-9-12(17)6-7-15(14)18-10-19-16/h3-10H,17H2,1-2H3. The molecule has 0 aliphatic carbocycles. The van der Waals surface area contributed by atoms with E-state index in [0.29, 0.717) is 5.69 Å². The van der Waals surface area contributed by atoms with Gasteiger partial charge in [0.25, 0.3) is 0 Å². The van der Waals surface area contributed by atoms with Gasteiger partial charge in [0.15, 0.2) is 0 Å². The van der Waals surface area contributed by atoms with Gasteiger partial charge in [-0.15, -0.1) is 0 Å². The number of nitrogens with two attached hydrogens (primary N) is 1. The van der Waals surface area contributed by atoms with Gasteiger partial charge in [-0.2, -0.15) is 0 Å². The molecule has 0 saturated heterocycles. The number of nitrogens with zero attached hydrogens (tertiary/aromatic N) is 3. The molecular formula is C16H16N4. The van der Waals surface area contributed by atoms with Crippen LogP contribution in [0.4, 0.5) is 17.2 Å². The molecule has 0 bridgehead atoms. The zero-order valence-electron chi connectivity index (χ0n) is 11.5. The average molecular weight is 264 g/mol. The third-order valence-electron chi connectivity index (χ3n) is 3.35. The second kappa shape index (κ2) is 4.81. The smallest absolute Gasteiger partial charge is 0.144 e. The first-order chi connectivity index (χ1) is 9.65. The topological polar surface area (TPSA) is 55.0 Å². The van der Waals surface area contributed by atoms with Crippen molar-refractivity contribution in [2.75, 3.05) is 17.7 Å². The number of rotatable bonds is 2. The van der Waals surface area contributed by atoms with E-state index < -0.39 is 0 Å². The minimum atomic E-state index is 0.714. The van der Waals surface area contributed by atoms with E-state index in [4.69, 9.17) is 5.73 Å². The molecule has 2 aromatic carbocycles. The molecule has 0 amide bonds. The second-order valence-electron chi connectivity index (χ2n) is 4.87. The van der Waals surface area contributed by atoms with E-state index in [2.05, 4.69) is 40.0 Å². The van der Waals surface area contributed by atoms with E-state index in [1.165, 1.54) is 5.56 Å². The quantitative estimate of drug-likeness (QED) is 0.722. The summed E-state index contributed by atoms with van der Waals surface area (Å²) >= 11 is 0. The molecule has 100 valence electrons. The maximum Gasteiger partial charge on any atom is 0.144 e. The van der Waals surface area contributed by atoms with Gasteiger partial charge in [-0.1, -0.05) is 12.1 Å². The van der Waals surface area contributed by atoms with E-state index in [1.54, 1.807) is 6.33 Å². The van der Waals surface area contributed by atoms with E-state index in [1.807, 2.05) is 31.3 Å². The number of aromatic nitrogens is 2. The molecule has 0 saturated carbocycles. The van der Waals surface area contributed by atoms with Crippen molar-refractivity contribution in [2.24, 2.45) is 0 Å². The normalized spacial score (nSPS) is 10.7. The predicted octanol–water partition coefficient (Wildman–Crippen LogP) is 3.29. The van der Waals surface area contributed by atoms with E-state index in [-0.39, 0.29) is 0 Å². The third kappa shape index (κ3) is 2.16.